The first-order valence-corrected chi connectivity index (χ1v) is 7.84. The Morgan fingerprint density at radius 1 is 1.29 bits per heavy atom. The summed E-state index contributed by atoms with van der Waals surface area (Å²) in [4.78, 5) is 24.5. The van der Waals surface area contributed by atoms with Crippen LogP contribution in [0.1, 0.15) is 19.4 Å². The van der Waals surface area contributed by atoms with E-state index in [1.165, 1.54) is 5.56 Å². The van der Waals surface area contributed by atoms with Crippen LogP contribution in [0.25, 0.3) is 0 Å². The lowest BCUT2D eigenvalue weighted by Crippen LogP contribution is -3.09. The van der Waals surface area contributed by atoms with Crippen molar-refractivity contribution in [3.8, 4) is 0 Å². The Labute approximate surface area is 134 Å². The van der Waals surface area contributed by atoms with E-state index < -0.39 is 6.04 Å². The van der Waals surface area contributed by atoms with Crippen molar-refractivity contribution >= 4 is 27.7 Å². The standard InChI is InChI=1S/C15H22BrN3O2/c1-4-17-15(21)11(2)18-14(20)10-19(3)9-12-5-7-13(16)8-6-12/h5-8,11H,4,9-10H2,1-3H3,(H,17,21)(H,18,20)/p+1/t11-/m1/s1. The summed E-state index contributed by atoms with van der Waals surface area (Å²) in [5.41, 5.74) is 1.17. The van der Waals surface area contributed by atoms with Crippen molar-refractivity contribution in [1.29, 1.82) is 0 Å². The van der Waals surface area contributed by atoms with Gasteiger partial charge in [0.05, 0.1) is 7.05 Å². The molecule has 3 N–H and O–H groups in total. The summed E-state index contributed by atoms with van der Waals surface area (Å²) in [5, 5.41) is 5.40. The van der Waals surface area contributed by atoms with Gasteiger partial charge in [-0.1, -0.05) is 28.1 Å². The molecule has 116 valence electrons. The Bertz CT molecular complexity index is 476. The van der Waals surface area contributed by atoms with Gasteiger partial charge in [-0.25, -0.2) is 0 Å². The van der Waals surface area contributed by atoms with Crippen LogP contribution in [-0.2, 0) is 16.1 Å². The highest BCUT2D eigenvalue weighted by atomic mass is 79.9. The topological polar surface area (TPSA) is 62.6 Å². The van der Waals surface area contributed by atoms with E-state index in [1.54, 1.807) is 6.92 Å². The number of rotatable bonds is 7. The molecule has 0 bridgehead atoms. The molecule has 2 atom stereocenters. The number of carbonyl (C=O) groups is 2. The lowest BCUT2D eigenvalue weighted by Gasteiger charge is -2.17. The van der Waals surface area contributed by atoms with E-state index in [0.29, 0.717) is 13.1 Å². The maximum absolute atomic E-state index is 11.9. The highest BCUT2D eigenvalue weighted by Gasteiger charge is 2.17. The molecule has 0 fully saturated rings. The predicted octanol–water partition coefficient (Wildman–Crippen LogP) is 0.105. The predicted molar refractivity (Wildman–Crippen MR) is 85.9 cm³/mol. The number of halogens is 1. The monoisotopic (exact) mass is 356 g/mol. The molecule has 1 aromatic rings. The first-order chi connectivity index (χ1) is 9.92. The smallest absolute Gasteiger partial charge is 0.275 e. The van der Waals surface area contributed by atoms with Gasteiger partial charge in [-0.05, 0) is 26.0 Å². The van der Waals surface area contributed by atoms with Crippen LogP contribution in [-0.4, -0.2) is 38.0 Å². The summed E-state index contributed by atoms with van der Waals surface area (Å²) < 4.78 is 1.04. The minimum Gasteiger partial charge on any atom is -0.355 e. The van der Waals surface area contributed by atoms with Crippen LogP contribution < -0.4 is 15.5 Å². The Balaban J connectivity index is 2.40. The van der Waals surface area contributed by atoms with Gasteiger partial charge in [0, 0.05) is 16.6 Å². The highest BCUT2D eigenvalue weighted by molar-refractivity contribution is 9.10. The van der Waals surface area contributed by atoms with Gasteiger partial charge in [-0.15, -0.1) is 0 Å². The maximum Gasteiger partial charge on any atom is 0.275 e. The van der Waals surface area contributed by atoms with Crippen molar-refractivity contribution in [2.75, 3.05) is 20.1 Å². The molecule has 0 aliphatic carbocycles. The number of nitrogens with one attached hydrogen (secondary N) is 3. The van der Waals surface area contributed by atoms with Crippen LogP contribution >= 0.6 is 15.9 Å². The molecule has 0 heterocycles. The molecule has 5 nitrogen and oxygen atoms in total. The summed E-state index contributed by atoms with van der Waals surface area (Å²) >= 11 is 3.40. The third kappa shape index (κ3) is 6.73. The molecule has 1 aromatic carbocycles. The molecule has 21 heavy (non-hydrogen) atoms. The molecule has 0 saturated heterocycles. The maximum atomic E-state index is 11.9. The van der Waals surface area contributed by atoms with Crippen LogP contribution in [0.4, 0.5) is 0 Å². The van der Waals surface area contributed by atoms with Crippen molar-refractivity contribution in [3.05, 3.63) is 34.3 Å². The van der Waals surface area contributed by atoms with Crippen LogP contribution in [0.15, 0.2) is 28.7 Å². The minimum atomic E-state index is -0.502. The van der Waals surface area contributed by atoms with E-state index in [1.807, 2.05) is 38.2 Å². The van der Waals surface area contributed by atoms with Gasteiger partial charge >= 0.3 is 0 Å². The van der Waals surface area contributed by atoms with Crippen molar-refractivity contribution in [2.24, 2.45) is 0 Å². The summed E-state index contributed by atoms with van der Waals surface area (Å²) in [6.45, 7) is 5.19. The molecular formula is C15H23BrN3O2+. The molecule has 0 aliphatic heterocycles. The zero-order valence-electron chi connectivity index (χ0n) is 12.7. The van der Waals surface area contributed by atoms with Gasteiger partial charge in [0.2, 0.25) is 5.91 Å². The zero-order valence-corrected chi connectivity index (χ0v) is 14.3. The average molecular weight is 357 g/mol. The molecular weight excluding hydrogens is 334 g/mol. The van der Waals surface area contributed by atoms with Crippen LogP contribution in [0.2, 0.25) is 0 Å². The first kappa shape index (κ1) is 17.7. The second-order valence-electron chi connectivity index (χ2n) is 5.12. The molecule has 0 saturated carbocycles. The van der Waals surface area contributed by atoms with Crippen molar-refractivity contribution in [2.45, 2.75) is 26.4 Å². The molecule has 1 rings (SSSR count). The van der Waals surface area contributed by atoms with Gasteiger partial charge < -0.3 is 15.5 Å². The molecule has 0 aliphatic rings. The number of hydrogen-bond acceptors (Lipinski definition) is 2. The van der Waals surface area contributed by atoms with E-state index in [0.717, 1.165) is 15.9 Å². The van der Waals surface area contributed by atoms with Crippen molar-refractivity contribution < 1.29 is 14.5 Å². The summed E-state index contributed by atoms with van der Waals surface area (Å²) in [6.07, 6.45) is 0. The number of carbonyl (C=O) groups excluding carboxylic acids is 2. The normalized spacial score (nSPS) is 13.3. The van der Waals surface area contributed by atoms with Gasteiger partial charge in [-0.3, -0.25) is 9.59 Å². The van der Waals surface area contributed by atoms with Crippen LogP contribution in [0, 0.1) is 0 Å². The van der Waals surface area contributed by atoms with Crippen LogP contribution in [0.5, 0.6) is 0 Å². The van der Waals surface area contributed by atoms with Crippen LogP contribution in [0.3, 0.4) is 0 Å². The molecule has 0 radical (unpaired) electrons. The lowest BCUT2D eigenvalue weighted by molar-refractivity contribution is -0.885. The van der Waals surface area contributed by atoms with Crippen molar-refractivity contribution in [3.63, 3.8) is 0 Å². The van der Waals surface area contributed by atoms with E-state index in [9.17, 15) is 9.59 Å². The SMILES string of the molecule is CCNC(=O)[C@@H](C)NC(=O)C[NH+](C)Cc1ccc(Br)cc1. The number of quaternary nitrogens is 1. The van der Waals surface area contributed by atoms with E-state index >= 15 is 0 Å². The molecule has 6 heteroatoms. The summed E-state index contributed by atoms with van der Waals surface area (Å²) in [5.74, 6) is -0.278. The fraction of sp³-hybridized carbons (Fsp3) is 0.467. The average Bonchev–Trinajstić information content (AvgIpc) is 2.41. The molecule has 0 spiro atoms. The number of amides is 2. The summed E-state index contributed by atoms with van der Waals surface area (Å²) in [6, 6.07) is 7.53. The van der Waals surface area contributed by atoms with Crippen molar-refractivity contribution in [1.82, 2.24) is 10.6 Å². The second kappa shape index (κ2) is 8.79. The Hall–Kier alpha value is -1.40. The lowest BCUT2D eigenvalue weighted by atomic mass is 10.2. The summed E-state index contributed by atoms with van der Waals surface area (Å²) in [7, 11) is 1.96. The quantitative estimate of drug-likeness (QED) is 0.649. The second-order valence-corrected chi connectivity index (χ2v) is 6.04. The molecule has 2 amide bonds. The first-order valence-electron chi connectivity index (χ1n) is 7.05. The van der Waals surface area contributed by atoms with Gasteiger partial charge in [-0.2, -0.15) is 0 Å². The molecule has 0 aromatic heterocycles. The fourth-order valence-corrected chi connectivity index (χ4v) is 2.24. The van der Waals surface area contributed by atoms with E-state index in [2.05, 4.69) is 26.6 Å². The number of hydrogen-bond donors (Lipinski definition) is 3. The van der Waals surface area contributed by atoms with Gasteiger partial charge in [0.25, 0.3) is 5.91 Å². The Kier molecular flexibility index (Phi) is 7.39. The number of benzene rings is 1. The third-order valence-electron chi connectivity index (χ3n) is 3.00. The van der Waals surface area contributed by atoms with Gasteiger partial charge in [0.1, 0.15) is 12.6 Å². The highest BCUT2D eigenvalue weighted by Crippen LogP contribution is 2.09. The fourth-order valence-electron chi connectivity index (χ4n) is 1.97. The van der Waals surface area contributed by atoms with Gasteiger partial charge in [0.15, 0.2) is 6.54 Å². The largest absolute Gasteiger partial charge is 0.355 e. The third-order valence-corrected chi connectivity index (χ3v) is 3.53. The Morgan fingerprint density at radius 2 is 1.90 bits per heavy atom. The van der Waals surface area contributed by atoms with E-state index in [4.69, 9.17) is 0 Å². The Morgan fingerprint density at radius 3 is 2.48 bits per heavy atom. The molecule has 1 unspecified atom stereocenters. The van der Waals surface area contributed by atoms with E-state index in [-0.39, 0.29) is 11.8 Å². The number of likely N-dealkylation sites (N-methyl/N-ethyl adjacent to an activating group) is 2. The zero-order chi connectivity index (χ0) is 15.8. The minimum absolute atomic E-state index is 0.122.